The van der Waals surface area contributed by atoms with Crippen molar-refractivity contribution in [3.05, 3.63) is 61.9 Å². The second kappa shape index (κ2) is 5.38. The normalized spacial score (nSPS) is 10.9. The molecule has 0 amide bonds. The minimum atomic E-state index is -0.0411. The number of hydrogen-bond acceptors (Lipinski definition) is 4. The van der Waals surface area contributed by atoms with Gasteiger partial charge in [0, 0.05) is 27.8 Å². The van der Waals surface area contributed by atoms with E-state index in [1.807, 2.05) is 30.5 Å². The number of benzene rings is 1. The molecule has 1 N–H and O–H groups in total. The lowest BCUT2D eigenvalue weighted by Crippen LogP contribution is -2.14. The fourth-order valence-electron chi connectivity index (χ4n) is 1.99. The van der Waals surface area contributed by atoms with Crippen LogP contribution < -0.4 is 10.9 Å². The summed E-state index contributed by atoms with van der Waals surface area (Å²) in [6.45, 7) is 2.57. The van der Waals surface area contributed by atoms with Gasteiger partial charge in [0.1, 0.15) is 0 Å². The predicted molar refractivity (Wildman–Crippen MR) is 85.5 cm³/mol. The molecule has 0 fully saturated rings. The average Bonchev–Trinajstić information content (AvgIpc) is 2.86. The molecule has 3 rings (SSSR count). The van der Waals surface area contributed by atoms with E-state index in [0.29, 0.717) is 6.54 Å². The summed E-state index contributed by atoms with van der Waals surface area (Å²) in [6.07, 6.45) is 1.74. The Kier molecular flexibility index (Phi) is 3.58. The van der Waals surface area contributed by atoms with Crippen LogP contribution in [0.4, 0.5) is 5.69 Å². The molecule has 0 aliphatic carbocycles. The third kappa shape index (κ3) is 2.62. The fourth-order valence-corrected chi connectivity index (χ4v) is 3.20. The number of thiazole rings is 1. The smallest absolute Gasteiger partial charge is 0.258 e. The van der Waals surface area contributed by atoms with Crippen molar-refractivity contribution in [2.75, 3.05) is 5.32 Å². The van der Waals surface area contributed by atoms with Crippen molar-refractivity contribution in [2.24, 2.45) is 0 Å². The summed E-state index contributed by atoms with van der Waals surface area (Å²) in [5.74, 6) is 0. The van der Waals surface area contributed by atoms with Crippen LogP contribution in [0.15, 0.2) is 45.1 Å². The molecule has 0 aliphatic rings. The third-order valence-electron chi connectivity index (χ3n) is 3.00. The molecule has 0 spiro atoms. The summed E-state index contributed by atoms with van der Waals surface area (Å²) in [6, 6.07) is 7.62. The maximum atomic E-state index is 11.9. The Morgan fingerprint density at radius 3 is 3.05 bits per heavy atom. The number of hydrogen-bond donors (Lipinski definition) is 1. The van der Waals surface area contributed by atoms with Crippen LogP contribution in [0, 0.1) is 6.92 Å². The molecule has 0 unspecified atom stereocenters. The number of anilines is 1. The van der Waals surface area contributed by atoms with E-state index in [4.69, 9.17) is 0 Å². The van der Waals surface area contributed by atoms with Crippen molar-refractivity contribution >= 4 is 37.9 Å². The highest BCUT2D eigenvalue weighted by Crippen LogP contribution is 2.20. The van der Waals surface area contributed by atoms with Crippen LogP contribution in [0.3, 0.4) is 0 Å². The Hall–Kier alpha value is -1.66. The molecular weight excluding hydrogens is 338 g/mol. The SMILES string of the molecule is Cc1cc(Br)ccc1NCc1cc(=O)n2ccsc2n1. The molecule has 0 bridgehead atoms. The quantitative estimate of drug-likeness (QED) is 0.787. The summed E-state index contributed by atoms with van der Waals surface area (Å²) >= 11 is 4.90. The highest BCUT2D eigenvalue weighted by molar-refractivity contribution is 9.10. The van der Waals surface area contributed by atoms with Gasteiger partial charge in [0.25, 0.3) is 5.56 Å². The Morgan fingerprint density at radius 2 is 2.25 bits per heavy atom. The van der Waals surface area contributed by atoms with Gasteiger partial charge in [0.05, 0.1) is 12.2 Å². The van der Waals surface area contributed by atoms with Gasteiger partial charge in [-0.25, -0.2) is 4.98 Å². The second-order valence-electron chi connectivity index (χ2n) is 4.45. The number of nitrogens with one attached hydrogen (secondary N) is 1. The van der Waals surface area contributed by atoms with Gasteiger partial charge < -0.3 is 5.32 Å². The van der Waals surface area contributed by atoms with Gasteiger partial charge >= 0.3 is 0 Å². The van der Waals surface area contributed by atoms with Gasteiger partial charge in [-0.15, -0.1) is 11.3 Å². The minimum Gasteiger partial charge on any atom is -0.379 e. The first-order chi connectivity index (χ1) is 9.63. The first-order valence-corrected chi connectivity index (χ1v) is 7.76. The number of aromatic nitrogens is 2. The molecule has 2 aromatic heterocycles. The van der Waals surface area contributed by atoms with Gasteiger partial charge in [0.15, 0.2) is 4.96 Å². The maximum absolute atomic E-state index is 11.9. The third-order valence-corrected chi connectivity index (χ3v) is 4.25. The average molecular weight is 350 g/mol. The van der Waals surface area contributed by atoms with E-state index >= 15 is 0 Å². The summed E-state index contributed by atoms with van der Waals surface area (Å²) in [5, 5.41) is 5.17. The Morgan fingerprint density at radius 1 is 1.40 bits per heavy atom. The highest BCUT2D eigenvalue weighted by atomic mass is 79.9. The van der Waals surface area contributed by atoms with Gasteiger partial charge in [0.2, 0.25) is 0 Å². The first kappa shape index (κ1) is 13.3. The molecule has 0 radical (unpaired) electrons. The molecule has 1 aromatic carbocycles. The topological polar surface area (TPSA) is 46.4 Å². The maximum Gasteiger partial charge on any atom is 0.258 e. The molecule has 6 heteroatoms. The zero-order valence-corrected chi connectivity index (χ0v) is 13.2. The molecule has 102 valence electrons. The molecule has 0 saturated heterocycles. The Bertz CT molecular complexity index is 825. The van der Waals surface area contributed by atoms with E-state index in [2.05, 4.69) is 26.2 Å². The van der Waals surface area contributed by atoms with Crippen LogP contribution in [0.1, 0.15) is 11.3 Å². The largest absolute Gasteiger partial charge is 0.379 e. The van der Waals surface area contributed by atoms with Gasteiger partial charge in [-0.3, -0.25) is 9.20 Å². The predicted octanol–water partition coefficient (Wildman–Crippen LogP) is 3.44. The van der Waals surface area contributed by atoms with E-state index in [-0.39, 0.29) is 5.56 Å². The highest BCUT2D eigenvalue weighted by Gasteiger charge is 2.04. The summed E-state index contributed by atoms with van der Waals surface area (Å²) in [5.41, 5.74) is 2.90. The van der Waals surface area contributed by atoms with Crippen molar-refractivity contribution in [1.82, 2.24) is 9.38 Å². The standard InChI is InChI=1S/C14H12BrN3OS/c1-9-6-10(15)2-3-12(9)16-8-11-7-13(19)18-4-5-20-14(18)17-11/h2-7,16H,8H2,1H3. The van der Waals surface area contributed by atoms with Gasteiger partial charge in [-0.2, -0.15) is 0 Å². The molecule has 4 nitrogen and oxygen atoms in total. The van der Waals surface area contributed by atoms with Crippen molar-refractivity contribution in [2.45, 2.75) is 13.5 Å². The van der Waals surface area contributed by atoms with Crippen LogP contribution in [0.5, 0.6) is 0 Å². The lowest BCUT2D eigenvalue weighted by Gasteiger charge is -2.09. The minimum absolute atomic E-state index is 0.0411. The van der Waals surface area contributed by atoms with E-state index in [1.165, 1.54) is 11.3 Å². The molecule has 0 aliphatic heterocycles. The van der Waals surface area contributed by atoms with E-state index in [1.54, 1.807) is 16.7 Å². The summed E-state index contributed by atoms with van der Waals surface area (Å²) < 4.78 is 2.61. The summed E-state index contributed by atoms with van der Waals surface area (Å²) in [4.78, 5) is 17.1. The monoisotopic (exact) mass is 349 g/mol. The number of nitrogens with zero attached hydrogens (tertiary/aromatic N) is 2. The summed E-state index contributed by atoms with van der Waals surface area (Å²) in [7, 11) is 0. The molecule has 3 aromatic rings. The van der Waals surface area contributed by atoms with Gasteiger partial charge in [-0.05, 0) is 30.7 Å². The van der Waals surface area contributed by atoms with Crippen molar-refractivity contribution in [3.8, 4) is 0 Å². The van der Waals surface area contributed by atoms with E-state index in [0.717, 1.165) is 26.4 Å². The second-order valence-corrected chi connectivity index (χ2v) is 6.24. The zero-order chi connectivity index (χ0) is 14.1. The first-order valence-electron chi connectivity index (χ1n) is 6.09. The lowest BCUT2D eigenvalue weighted by molar-refractivity contribution is 0.988. The fraction of sp³-hybridized carbons (Fsp3) is 0.143. The van der Waals surface area contributed by atoms with Crippen LogP contribution in [-0.4, -0.2) is 9.38 Å². The molecular formula is C14H12BrN3OS. The Balaban J connectivity index is 1.84. The number of aryl methyl sites for hydroxylation is 1. The van der Waals surface area contributed by atoms with E-state index in [9.17, 15) is 4.79 Å². The van der Waals surface area contributed by atoms with Crippen molar-refractivity contribution in [3.63, 3.8) is 0 Å². The van der Waals surface area contributed by atoms with Crippen LogP contribution >= 0.6 is 27.3 Å². The lowest BCUT2D eigenvalue weighted by atomic mass is 10.2. The van der Waals surface area contributed by atoms with Crippen LogP contribution in [0.2, 0.25) is 0 Å². The Labute approximate surface area is 128 Å². The van der Waals surface area contributed by atoms with Crippen molar-refractivity contribution < 1.29 is 0 Å². The number of fused-ring (bicyclic) bond motifs is 1. The number of halogens is 1. The molecule has 20 heavy (non-hydrogen) atoms. The molecule has 0 saturated carbocycles. The van der Waals surface area contributed by atoms with Gasteiger partial charge in [-0.1, -0.05) is 15.9 Å². The van der Waals surface area contributed by atoms with Crippen LogP contribution in [-0.2, 0) is 6.54 Å². The zero-order valence-electron chi connectivity index (χ0n) is 10.8. The molecule has 0 atom stereocenters. The van der Waals surface area contributed by atoms with E-state index < -0.39 is 0 Å². The van der Waals surface area contributed by atoms with Crippen molar-refractivity contribution in [1.29, 1.82) is 0 Å². The number of rotatable bonds is 3. The molecule has 2 heterocycles. The van der Waals surface area contributed by atoms with Crippen LogP contribution in [0.25, 0.3) is 4.96 Å².